The second-order valence-electron chi connectivity index (χ2n) is 6.74. The second-order valence-corrected chi connectivity index (χ2v) is 6.74. The summed E-state index contributed by atoms with van der Waals surface area (Å²) in [6.07, 6.45) is 8.92. The van der Waals surface area contributed by atoms with Crippen LogP contribution in [0.2, 0.25) is 0 Å². The normalized spacial score (nSPS) is 28.0. The van der Waals surface area contributed by atoms with Crippen molar-refractivity contribution < 1.29 is 9.53 Å². The van der Waals surface area contributed by atoms with Crippen LogP contribution in [0.4, 0.5) is 0 Å². The van der Waals surface area contributed by atoms with Crippen molar-refractivity contribution in [3.8, 4) is 5.75 Å². The average Bonchev–Trinajstić information content (AvgIpc) is 3.16. The fourth-order valence-electron chi connectivity index (χ4n) is 4.17. The Morgan fingerprint density at radius 2 is 2.05 bits per heavy atom. The molecular formula is C19H25NO2. The van der Waals surface area contributed by atoms with Crippen LogP contribution in [0.25, 0.3) is 6.08 Å². The van der Waals surface area contributed by atoms with Crippen molar-refractivity contribution in [2.45, 2.75) is 38.6 Å². The van der Waals surface area contributed by atoms with Crippen LogP contribution in [0.1, 0.15) is 38.2 Å². The molecule has 4 atom stereocenters. The van der Waals surface area contributed by atoms with Crippen LogP contribution < -0.4 is 10.1 Å². The third-order valence-electron chi connectivity index (χ3n) is 5.35. The number of carbonyl (C=O) groups excluding carboxylic acids is 1. The standard InChI is InChI=1S/C19H25NO2/c1-13(18-12-15-3-7-16(18)11-15)20-19(21)10-6-14-4-8-17(22-2)9-5-14/h4-6,8-10,13,15-16,18H,3,7,11-12H2,1-2H3,(H,20,21). The summed E-state index contributed by atoms with van der Waals surface area (Å²) >= 11 is 0. The Balaban J connectivity index is 1.52. The first-order valence-electron chi connectivity index (χ1n) is 8.28. The first-order chi connectivity index (χ1) is 10.7. The largest absolute Gasteiger partial charge is 0.497 e. The van der Waals surface area contributed by atoms with Gasteiger partial charge in [0.05, 0.1) is 7.11 Å². The molecule has 2 bridgehead atoms. The topological polar surface area (TPSA) is 38.3 Å². The first-order valence-corrected chi connectivity index (χ1v) is 8.28. The molecule has 3 nitrogen and oxygen atoms in total. The predicted molar refractivity (Wildman–Crippen MR) is 88.6 cm³/mol. The van der Waals surface area contributed by atoms with Gasteiger partial charge in [0.2, 0.25) is 5.91 Å². The van der Waals surface area contributed by atoms with E-state index in [1.165, 1.54) is 25.7 Å². The number of fused-ring (bicyclic) bond motifs is 2. The molecule has 3 heteroatoms. The summed E-state index contributed by atoms with van der Waals surface area (Å²) in [6.45, 7) is 2.16. The Bertz CT molecular complexity index is 549. The Morgan fingerprint density at radius 1 is 1.27 bits per heavy atom. The van der Waals surface area contributed by atoms with Crippen molar-refractivity contribution >= 4 is 12.0 Å². The van der Waals surface area contributed by atoms with E-state index < -0.39 is 0 Å². The molecule has 1 amide bonds. The van der Waals surface area contributed by atoms with E-state index in [1.807, 2.05) is 30.3 Å². The van der Waals surface area contributed by atoms with Gasteiger partial charge in [-0.05, 0) is 67.7 Å². The fraction of sp³-hybridized carbons (Fsp3) is 0.526. The fourth-order valence-corrected chi connectivity index (χ4v) is 4.17. The number of hydrogen-bond acceptors (Lipinski definition) is 2. The van der Waals surface area contributed by atoms with E-state index in [0.717, 1.165) is 23.1 Å². The molecule has 1 aromatic rings. The number of rotatable bonds is 5. The maximum atomic E-state index is 12.1. The molecule has 0 aliphatic heterocycles. The van der Waals surface area contributed by atoms with Gasteiger partial charge < -0.3 is 10.1 Å². The van der Waals surface area contributed by atoms with Gasteiger partial charge in [0.15, 0.2) is 0 Å². The van der Waals surface area contributed by atoms with Gasteiger partial charge >= 0.3 is 0 Å². The summed E-state index contributed by atoms with van der Waals surface area (Å²) < 4.78 is 5.13. The molecule has 2 aliphatic rings. The minimum Gasteiger partial charge on any atom is -0.497 e. The average molecular weight is 299 g/mol. The molecule has 0 saturated heterocycles. The summed E-state index contributed by atoms with van der Waals surface area (Å²) in [5, 5.41) is 3.15. The molecule has 3 rings (SSSR count). The van der Waals surface area contributed by atoms with Crippen LogP contribution in [0.5, 0.6) is 5.75 Å². The predicted octanol–water partition coefficient (Wildman–Crippen LogP) is 3.65. The molecular weight excluding hydrogens is 274 g/mol. The van der Waals surface area contributed by atoms with Crippen LogP contribution in [0.15, 0.2) is 30.3 Å². The van der Waals surface area contributed by atoms with Crippen molar-refractivity contribution in [1.29, 1.82) is 0 Å². The second kappa shape index (κ2) is 6.55. The minimum absolute atomic E-state index is 0.00564. The van der Waals surface area contributed by atoms with Gasteiger partial charge in [-0.15, -0.1) is 0 Å². The number of ether oxygens (including phenoxy) is 1. The molecule has 118 valence electrons. The highest BCUT2D eigenvalue weighted by atomic mass is 16.5. The highest BCUT2D eigenvalue weighted by Gasteiger charge is 2.41. The van der Waals surface area contributed by atoms with Crippen molar-refractivity contribution in [3.05, 3.63) is 35.9 Å². The number of benzene rings is 1. The monoisotopic (exact) mass is 299 g/mol. The third-order valence-corrected chi connectivity index (χ3v) is 5.35. The first kappa shape index (κ1) is 15.1. The lowest BCUT2D eigenvalue weighted by Gasteiger charge is -2.28. The molecule has 22 heavy (non-hydrogen) atoms. The van der Waals surface area contributed by atoms with Crippen LogP contribution in [0.3, 0.4) is 0 Å². The number of carbonyl (C=O) groups is 1. The van der Waals surface area contributed by atoms with Crippen LogP contribution in [-0.2, 0) is 4.79 Å². The van der Waals surface area contributed by atoms with E-state index in [4.69, 9.17) is 4.74 Å². The van der Waals surface area contributed by atoms with Gasteiger partial charge in [0, 0.05) is 12.1 Å². The lowest BCUT2D eigenvalue weighted by Crippen LogP contribution is -2.39. The molecule has 0 spiro atoms. The van der Waals surface area contributed by atoms with E-state index in [1.54, 1.807) is 13.2 Å². The zero-order valence-electron chi connectivity index (χ0n) is 13.4. The number of hydrogen-bond donors (Lipinski definition) is 1. The van der Waals surface area contributed by atoms with Gasteiger partial charge in [0.1, 0.15) is 5.75 Å². The van der Waals surface area contributed by atoms with Gasteiger partial charge in [-0.3, -0.25) is 4.79 Å². The highest BCUT2D eigenvalue weighted by Crippen LogP contribution is 2.49. The number of nitrogens with one attached hydrogen (secondary N) is 1. The van der Waals surface area contributed by atoms with E-state index in [0.29, 0.717) is 5.92 Å². The zero-order chi connectivity index (χ0) is 15.5. The smallest absolute Gasteiger partial charge is 0.244 e. The Morgan fingerprint density at radius 3 is 2.64 bits per heavy atom. The molecule has 1 aromatic carbocycles. The van der Waals surface area contributed by atoms with E-state index in [-0.39, 0.29) is 11.9 Å². The van der Waals surface area contributed by atoms with Gasteiger partial charge in [-0.2, -0.15) is 0 Å². The molecule has 2 saturated carbocycles. The maximum Gasteiger partial charge on any atom is 0.244 e. The van der Waals surface area contributed by atoms with Crippen molar-refractivity contribution in [1.82, 2.24) is 5.32 Å². The van der Waals surface area contributed by atoms with Gasteiger partial charge in [-0.1, -0.05) is 18.6 Å². The zero-order valence-corrected chi connectivity index (χ0v) is 13.4. The lowest BCUT2D eigenvalue weighted by molar-refractivity contribution is -0.117. The summed E-state index contributed by atoms with van der Waals surface area (Å²) in [7, 11) is 1.65. The van der Waals surface area contributed by atoms with Gasteiger partial charge in [0.25, 0.3) is 0 Å². The number of methoxy groups -OCH3 is 1. The molecule has 2 aliphatic carbocycles. The van der Waals surface area contributed by atoms with Crippen molar-refractivity contribution in [3.63, 3.8) is 0 Å². The Kier molecular flexibility index (Phi) is 4.51. The number of amides is 1. The van der Waals surface area contributed by atoms with Crippen LogP contribution >= 0.6 is 0 Å². The summed E-state index contributed by atoms with van der Waals surface area (Å²) in [5.74, 6) is 3.27. The van der Waals surface area contributed by atoms with Crippen LogP contribution in [0, 0.1) is 17.8 Å². The molecule has 1 N–H and O–H groups in total. The molecule has 4 unspecified atom stereocenters. The minimum atomic E-state index is 0.00564. The Hall–Kier alpha value is -1.77. The quantitative estimate of drug-likeness (QED) is 0.843. The molecule has 0 heterocycles. The van der Waals surface area contributed by atoms with Gasteiger partial charge in [-0.25, -0.2) is 0 Å². The lowest BCUT2D eigenvalue weighted by atomic mass is 9.84. The van der Waals surface area contributed by atoms with Crippen LogP contribution in [-0.4, -0.2) is 19.1 Å². The summed E-state index contributed by atoms with van der Waals surface area (Å²) in [5.41, 5.74) is 1.00. The molecule has 2 fully saturated rings. The Labute approximate surface area is 132 Å². The molecule has 0 radical (unpaired) electrons. The third kappa shape index (κ3) is 3.34. The SMILES string of the molecule is COc1ccc(C=CC(=O)NC(C)C2CC3CCC2C3)cc1. The van der Waals surface area contributed by atoms with Crippen molar-refractivity contribution in [2.24, 2.45) is 17.8 Å². The maximum absolute atomic E-state index is 12.1. The van der Waals surface area contributed by atoms with E-state index in [9.17, 15) is 4.79 Å². The van der Waals surface area contributed by atoms with Crippen molar-refractivity contribution in [2.75, 3.05) is 7.11 Å². The summed E-state index contributed by atoms with van der Waals surface area (Å²) in [4.78, 5) is 12.1. The molecule has 0 aromatic heterocycles. The summed E-state index contributed by atoms with van der Waals surface area (Å²) in [6, 6.07) is 7.97. The van der Waals surface area contributed by atoms with E-state index >= 15 is 0 Å². The van der Waals surface area contributed by atoms with E-state index in [2.05, 4.69) is 12.2 Å². The highest BCUT2D eigenvalue weighted by molar-refractivity contribution is 5.91.